The Kier molecular flexibility index (Phi) is 6.72. The first-order chi connectivity index (χ1) is 15.2. The van der Waals surface area contributed by atoms with Crippen LogP contribution in [-0.4, -0.2) is 82.2 Å². The van der Waals surface area contributed by atoms with Crippen molar-refractivity contribution >= 4 is 21.8 Å². The van der Waals surface area contributed by atoms with E-state index in [4.69, 9.17) is 5.26 Å². The Morgan fingerprint density at radius 2 is 1.79 bits per heavy atom. The fraction of sp³-hybridized carbons (Fsp3) is 0.619. The van der Waals surface area contributed by atoms with Crippen LogP contribution in [0.4, 0.5) is 18.9 Å². The van der Waals surface area contributed by atoms with Crippen LogP contribution in [0.25, 0.3) is 0 Å². The molecule has 8 nitrogen and oxygen atoms in total. The Morgan fingerprint density at radius 3 is 2.27 bits per heavy atom. The highest BCUT2D eigenvalue weighted by Gasteiger charge is 2.53. The average Bonchev–Trinajstić information content (AvgIpc) is 3.10. The van der Waals surface area contributed by atoms with E-state index in [-0.39, 0.29) is 31.2 Å². The Hall–Kier alpha value is -2.36. The highest BCUT2D eigenvalue weighted by Crippen LogP contribution is 2.47. The van der Waals surface area contributed by atoms with Crippen molar-refractivity contribution in [2.75, 3.05) is 59.3 Å². The van der Waals surface area contributed by atoms with Crippen molar-refractivity contribution in [3.63, 3.8) is 0 Å². The molecule has 1 unspecified atom stereocenters. The summed E-state index contributed by atoms with van der Waals surface area (Å²) in [5.74, 6) is -0.618. The molecular formula is C21H28F3N5O3S. The van der Waals surface area contributed by atoms with Crippen LogP contribution in [0.1, 0.15) is 24.0 Å². The summed E-state index contributed by atoms with van der Waals surface area (Å²) in [5, 5.41) is 9.07. The minimum Gasteiger partial charge on any atom is -0.370 e. The van der Waals surface area contributed by atoms with Crippen molar-refractivity contribution in [2.24, 2.45) is 11.3 Å². The summed E-state index contributed by atoms with van der Waals surface area (Å²) < 4.78 is 68.0. The van der Waals surface area contributed by atoms with Crippen LogP contribution in [0.3, 0.4) is 0 Å². The maximum absolute atomic E-state index is 13.5. The van der Waals surface area contributed by atoms with Gasteiger partial charge in [-0.1, -0.05) is 0 Å². The van der Waals surface area contributed by atoms with E-state index in [1.165, 1.54) is 29.4 Å². The number of nitrogens with zero attached hydrogens (tertiary/aromatic N) is 5. The molecule has 1 atom stereocenters. The van der Waals surface area contributed by atoms with Gasteiger partial charge in [-0.3, -0.25) is 4.79 Å². The minimum absolute atomic E-state index is 0.133. The number of halogens is 3. The number of nitriles is 1. The minimum atomic E-state index is -4.68. The van der Waals surface area contributed by atoms with Crippen LogP contribution in [0, 0.1) is 22.7 Å². The molecular weight excluding hydrogens is 459 g/mol. The van der Waals surface area contributed by atoms with Gasteiger partial charge in [-0.25, -0.2) is 0 Å². The molecule has 33 heavy (non-hydrogen) atoms. The van der Waals surface area contributed by atoms with Crippen LogP contribution in [0.5, 0.6) is 0 Å². The van der Waals surface area contributed by atoms with Gasteiger partial charge in [0.1, 0.15) is 0 Å². The molecule has 3 rings (SSSR count). The van der Waals surface area contributed by atoms with E-state index in [0.29, 0.717) is 19.4 Å². The van der Waals surface area contributed by atoms with Gasteiger partial charge in [-0.2, -0.15) is 35.5 Å². The third-order valence-corrected chi connectivity index (χ3v) is 8.63. The predicted molar refractivity (Wildman–Crippen MR) is 116 cm³/mol. The Balaban J connectivity index is 1.94. The molecule has 1 aromatic carbocycles. The molecule has 182 valence electrons. The number of hydrogen-bond donors (Lipinski definition) is 0. The molecule has 2 aliphatic heterocycles. The molecule has 1 amide bonds. The predicted octanol–water partition coefficient (Wildman–Crippen LogP) is 1.99. The van der Waals surface area contributed by atoms with E-state index in [2.05, 4.69) is 0 Å². The fourth-order valence-corrected chi connectivity index (χ4v) is 5.88. The quantitative estimate of drug-likeness (QED) is 0.648. The molecule has 1 aromatic rings. The van der Waals surface area contributed by atoms with Gasteiger partial charge >= 0.3 is 6.18 Å². The second-order valence-corrected chi connectivity index (χ2v) is 11.2. The summed E-state index contributed by atoms with van der Waals surface area (Å²) in [6.45, 7) is 1.01. The van der Waals surface area contributed by atoms with Gasteiger partial charge in [-0.15, -0.1) is 0 Å². The zero-order chi connectivity index (χ0) is 24.8. The van der Waals surface area contributed by atoms with E-state index >= 15 is 0 Å². The summed E-state index contributed by atoms with van der Waals surface area (Å²) in [6, 6.07) is 5.16. The highest BCUT2D eigenvalue weighted by molar-refractivity contribution is 7.86. The molecule has 12 heteroatoms. The monoisotopic (exact) mass is 487 g/mol. The summed E-state index contributed by atoms with van der Waals surface area (Å²) in [5.41, 5.74) is -1.74. The van der Waals surface area contributed by atoms with E-state index in [1.54, 1.807) is 25.1 Å². The lowest BCUT2D eigenvalue weighted by atomic mass is 9.70. The lowest BCUT2D eigenvalue weighted by Gasteiger charge is -2.42. The smallest absolute Gasteiger partial charge is 0.370 e. The van der Waals surface area contributed by atoms with Gasteiger partial charge in [0.15, 0.2) is 0 Å². The SMILES string of the molecule is CN(C)C(=O)C1CN(c2ccc(C#N)c(C(F)(F)F)c2)CC12CCN(S(=O)(=O)N(C)C)CC2. The number of piperidine rings is 1. The van der Waals surface area contributed by atoms with E-state index in [9.17, 15) is 26.4 Å². The first-order valence-corrected chi connectivity index (χ1v) is 11.9. The van der Waals surface area contributed by atoms with Crippen LogP contribution >= 0.6 is 0 Å². The molecule has 1 spiro atoms. The standard InChI is InChI=1S/C21H28F3N5O3S/c1-26(2)19(30)18-13-28(16-6-5-15(12-25)17(11-16)21(22,23)24)14-20(18)7-9-29(10-8-20)33(31,32)27(3)4/h5-6,11,18H,7-10,13-14H2,1-4H3. The van der Waals surface area contributed by atoms with Gasteiger partial charge < -0.3 is 9.80 Å². The van der Waals surface area contributed by atoms with Crippen LogP contribution in [-0.2, 0) is 21.2 Å². The van der Waals surface area contributed by atoms with Crippen LogP contribution < -0.4 is 4.90 Å². The molecule has 2 fully saturated rings. The highest BCUT2D eigenvalue weighted by atomic mass is 32.2. The van der Waals surface area contributed by atoms with Crippen LogP contribution in [0.2, 0.25) is 0 Å². The number of rotatable bonds is 4. The molecule has 0 saturated carbocycles. The second kappa shape index (κ2) is 8.77. The van der Waals surface area contributed by atoms with Crippen molar-refractivity contribution in [1.82, 2.24) is 13.5 Å². The number of carbonyl (C=O) groups excluding carboxylic acids is 1. The third-order valence-electron chi connectivity index (χ3n) is 6.69. The summed E-state index contributed by atoms with van der Waals surface area (Å²) >= 11 is 0. The van der Waals surface area contributed by atoms with Crippen molar-refractivity contribution in [2.45, 2.75) is 19.0 Å². The Bertz CT molecular complexity index is 1060. The zero-order valence-electron chi connectivity index (χ0n) is 19.1. The maximum atomic E-state index is 13.5. The van der Waals surface area contributed by atoms with Gasteiger partial charge in [0, 0.05) is 65.5 Å². The van der Waals surface area contributed by atoms with Gasteiger partial charge in [0.05, 0.1) is 23.1 Å². The average molecular weight is 488 g/mol. The topological polar surface area (TPSA) is 88.0 Å². The van der Waals surface area contributed by atoms with Crippen molar-refractivity contribution in [3.05, 3.63) is 29.3 Å². The first kappa shape index (κ1) is 25.3. The Morgan fingerprint density at radius 1 is 1.18 bits per heavy atom. The molecule has 0 N–H and O–H groups in total. The third kappa shape index (κ3) is 4.67. The molecule has 2 heterocycles. The normalized spacial score (nSPS) is 21.4. The fourth-order valence-electron chi connectivity index (χ4n) is 4.78. The Labute approximate surface area is 192 Å². The lowest BCUT2D eigenvalue weighted by Crippen LogP contribution is -2.51. The number of alkyl halides is 3. The number of amides is 1. The molecule has 2 aliphatic rings. The van der Waals surface area contributed by atoms with Crippen molar-refractivity contribution < 1.29 is 26.4 Å². The molecule has 0 aliphatic carbocycles. The van der Waals surface area contributed by atoms with Crippen LogP contribution in [0.15, 0.2) is 18.2 Å². The first-order valence-electron chi connectivity index (χ1n) is 10.5. The summed E-state index contributed by atoms with van der Waals surface area (Å²) in [7, 11) is 2.59. The zero-order valence-corrected chi connectivity index (χ0v) is 19.9. The van der Waals surface area contributed by atoms with Gasteiger partial charge in [0.2, 0.25) is 5.91 Å². The van der Waals surface area contributed by atoms with Gasteiger partial charge in [0.25, 0.3) is 10.2 Å². The summed E-state index contributed by atoms with van der Waals surface area (Å²) in [4.78, 5) is 16.3. The largest absolute Gasteiger partial charge is 0.417 e. The van der Waals surface area contributed by atoms with Gasteiger partial charge in [-0.05, 0) is 31.0 Å². The molecule has 0 radical (unpaired) electrons. The van der Waals surface area contributed by atoms with E-state index in [1.807, 2.05) is 0 Å². The molecule has 0 aromatic heterocycles. The van der Waals surface area contributed by atoms with E-state index in [0.717, 1.165) is 16.4 Å². The lowest BCUT2D eigenvalue weighted by molar-refractivity contribution is -0.138. The van der Waals surface area contributed by atoms with E-state index < -0.39 is 38.8 Å². The second-order valence-electron chi connectivity index (χ2n) is 9.06. The van der Waals surface area contributed by atoms with Crippen molar-refractivity contribution in [3.8, 4) is 6.07 Å². The van der Waals surface area contributed by atoms with Crippen molar-refractivity contribution in [1.29, 1.82) is 5.26 Å². The maximum Gasteiger partial charge on any atom is 0.417 e. The number of benzene rings is 1. The number of carbonyl (C=O) groups is 1. The number of anilines is 1. The molecule has 2 saturated heterocycles. The summed E-state index contributed by atoms with van der Waals surface area (Å²) in [6.07, 6.45) is -3.84. The number of hydrogen-bond acceptors (Lipinski definition) is 5. The molecule has 0 bridgehead atoms.